The van der Waals surface area contributed by atoms with Crippen LogP contribution in [0.25, 0.3) is 0 Å². The SMILES string of the molecule is CCN(C)Cc1cccc(CNC2=NCCCN2)c1.I. The van der Waals surface area contributed by atoms with Gasteiger partial charge in [0, 0.05) is 26.2 Å². The van der Waals surface area contributed by atoms with E-state index in [-0.39, 0.29) is 24.0 Å². The molecule has 0 atom stereocenters. The Labute approximate surface area is 139 Å². The minimum atomic E-state index is 0. The fourth-order valence-corrected chi connectivity index (χ4v) is 2.10. The van der Waals surface area contributed by atoms with Crippen LogP contribution in [0.15, 0.2) is 29.3 Å². The molecule has 112 valence electrons. The van der Waals surface area contributed by atoms with E-state index >= 15 is 0 Å². The lowest BCUT2D eigenvalue weighted by Gasteiger charge is -2.17. The average molecular weight is 388 g/mol. The van der Waals surface area contributed by atoms with E-state index in [1.807, 2.05) is 0 Å². The second-order valence-corrected chi connectivity index (χ2v) is 5.01. The van der Waals surface area contributed by atoms with Crippen molar-refractivity contribution >= 4 is 29.9 Å². The molecule has 0 bridgehead atoms. The Morgan fingerprint density at radius 2 is 2.15 bits per heavy atom. The molecule has 4 nitrogen and oxygen atoms in total. The van der Waals surface area contributed by atoms with E-state index in [1.54, 1.807) is 0 Å². The number of hydrogen-bond donors (Lipinski definition) is 2. The highest BCUT2D eigenvalue weighted by molar-refractivity contribution is 14.0. The van der Waals surface area contributed by atoms with E-state index in [1.165, 1.54) is 11.1 Å². The van der Waals surface area contributed by atoms with Gasteiger partial charge in [0.15, 0.2) is 5.96 Å². The molecule has 0 radical (unpaired) electrons. The molecule has 1 aliphatic heterocycles. The van der Waals surface area contributed by atoms with Crippen LogP contribution in [0, 0.1) is 0 Å². The van der Waals surface area contributed by atoms with Crippen molar-refractivity contribution in [2.75, 3.05) is 26.7 Å². The van der Waals surface area contributed by atoms with Gasteiger partial charge in [-0.25, -0.2) is 0 Å². The molecule has 2 N–H and O–H groups in total. The smallest absolute Gasteiger partial charge is 0.191 e. The van der Waals surface area contributed by atoms with Crippen molar-refractivity contribution in [3.8, 4) is 0 Å². The number of guanidine groups is 1. The van der Waals surface area contributed by atoms with Gasteiger partial charge in [0.2, 0.25) is 0 Å². The number of rotatable bonds is 5. The molecule has 0 spiro atoms. The summed E-state index contributed by atoms with van der Waals surface area (Å²) in [6.07, 6.45) is 1.13. The Morgan fingerprint density at radius 1 is 1.35 bits per heavy atom. The Kier molecular flexibility index (Phi) is 7.91. The first-order valence-electron chi connectivity index (χ1n) is 7.06. The summed E-state index contributed by atoms with van der Waals surface area (Å²) >= 11 is 0. The number of hydrogen-bond acceptors (Lipinski definition) is 4. The highest BCUT2D eigenvalue weighted by atomic mass is 127. The molecule has 1 heterocycles. The van der Waals surface area contributed by atoms with Gasteiger partial charge in [0.1, 0.15) is 0 Å². The van der Waals surface area contributed by atoms with Crippen molar-refractivity contribution in [3.05, 3.63) is 35.4 Å². The highest BCUT2D eigenvalue weighted by Crippen LogP contribution is 2.07. The minimum Gasteiger partial charge on any atom is -0.356 e. The third-order valence-corrected chi connectivity index (χ3v) is 3.34. The van der Waals surface area contributed by atoms with Crippen LogP contribution < -0.4 is 10.6 Å². The largest absolute Gasteiger partial charge is 0.356 e. The molecule has 1 aromatic carbocycles. The monoisotopic (exact) mass is 388 g/mol. The quantitative estimate of drug-likeness (QED) is 0.760. The summed E-state index contributed by atoms with van der Waals surface area (Å²) in [7, 11) is 2.14. The zero-order valence-corrected chi connectivity index (χ0v) is 14.7. The zero-order chi connectivity index (χ0) is 13.5. The van der Waals surface area contributed by atoms with Crippen LogP contribution in [0.5, 0.6) is 0 Å². The molecule has 20 heavy (non-hydrogen) atoms. The molecule has 0 aliphatic carbocycles. The van der Waals surface area contributed by atoms with Crippen LogP contribution in [-0.2, 0) is 13.1 Å². The number of nitrogens with one attached hydrogen (secondary N) is 2. The minimum absolute atomic E-state index is 0. The predicted octanol–water partition coefficient (Wildman–Crippen LogP) is 2.20. The Bertz CT molecular complexity index is 434. The molecule has 0 saturated carbocycles. The standard InChI is InChI=1S/C15H24N4.HI/c1-3-19(2)12-14-7-4-6-13(10-14)11-18-15-16-8-5-9-17-15;/h4,6-7,10H,3,5,8-9,11-12H2,1-2H3,(H2,16,17,18);1H. The summed E-state index contributed by atoms with van der Waals surface area (Å²) in [4.78, 5) is 6.72. The van der Waals surface area contributed by atoms with E-state index in [9.17, 15) is 0 Å². The first-order valence-corrected chi connectivity index (χ1v) is 7.06. The van der Waals surface area contributed by atoms with Gasteiger partial charge in [-0.1, -0.05) is 31.2 Å². The lowest BCUT2D eigenvalue weighted by Crippen LogP contribution is -2.40. The van der Waals surface area contributed by atoms with E-state index in [0.29, 0.717) is 0 Å². The summed E-state index contributed by atoms with van der Waals surface area (Å²) < 4.78 is 0. The maximum absolute atomic E-state index is 4.41. The lowest BCUT2D eigenvalue weighted by molar-refractivity contribution is 0.345. The first kappa shape index (κ1) is 17.2. The molecular weight excluding hydrogens is 363 g/mol. The van der Waals surface area contributed by atoms with Crippen molar-refractivity contribution in [2.45, 2.75) is 26.4 Å². The van der Waals surface area contributed by atoms with Gasteiger partial charge < -0.3 is 15.5 Å². The second-order valence-electron chi connectivity index (χ2n) is 5.01. The first-order chi connectivity index (χ1) is 9.28. The van der Waals surface area contributed by atoms with E-state index in [4.69, 9.17) is 0 Å². The summed E-state index contributed by atoms with van der Waals surface area (Å²) in [5.74, 6) is 0.933. The second kappa shape index (κ2) is 9.18. The molecule has 0 saturated heterocycles. The predicted molar refractivity (Wildman–Crippen MR) is 95.6 cm³/mol. The van der Waals surface area contributed by atoms with Crippen LogP contribution in [0.2, 0.25) is 0 Å². The molecule has 0 aromatic heterocycles. The summed E-state index contributed by atoms with van der Waals surface area (Å²) in [6, 6.07) is 8.74. The topological polar surface area (TPSA) is 39.7 Å². The van der Waals surface area contributed by atoms with Gasteiger partial charge in [-0.15, -0.1) is 24.0 Å². The molecule has 1 aliphatic rings. The van der Waals surface area contributed by atoms with E-state index in [0.717, 1.165) is 45.1 Å². The van der Waals surface area contributed by atoms with Crippen LogP contribution in [0.4, 0.5) is 0 Å². The molecule has 1 aromatic rings. The molecule has 2 rings (SSSR count). The third-order valence-electron chi connectivity index (χ3n) is 3.34. The number of aliphatic imine (C=N–C) groups is 1. The zero-order valence-electron chi connectivity index (χ0n) is 12.4. The number of nitrogens with zero attached hydrogens (tertiary/aromatic N) is 2. The Morgan fingerprint density at radius 3 is 2.85 bits per heavy atom. The van der Waals surface area contributed by atoms with Gasteiger partial charge in [0.25, 0.3) is 0 Å². The van der Waals surface area contributed by atoms with Gasteiger partial charge in [0.05, 0.1) is 0 Å². The fraction of sp³-hybridized carbons (Fsp3) is 0.533. The van der Waals surface area contributed by atoms with Crippen LogP contribution in [0.3, 0.4) is 0 Å². The molecule has 0 amide bonds. The van der Waals surface area contributed by atoms with Gasteiger partial charge in [-0.3, -0.25) is 4.99 Å². The van der Waals surface area contributed by atoms with Crippen molar-refractivity contribution in [1.82, 2.24) is 15.5 Å². The van der Waals surface area contributed by atoms with Gasteiger partial charge in [-0.2, -0.15) is 0 Å². The molecule has 5 heteroatoms. The average Bonchev–Trinajstić information content (AvgIpc) is 2.46. The number of benzene rings is 1. The molecule has 0 fully saturated rings. The van der Waals surface area contributed by atoms with Crippen molar-refractivity contribution < 1.29 is 0 Å². The Balaban J connectivity index is 0.00000200. The normalized spacial score (nSPS) is 14.2. The van der Waals surface area contributed by atoms with Gasteiger partial charge in [-0.05, 0) is 31.1 Å². The summed E-state index contributed by atoms with van der Waals surface area (Å²) in [6.45, 7) is 7.03. The van der Waals surface area contributed by atoms with Gasteiger partial charge >= 0.3 is 0 Å². The maximum Gasteiger partial charge on any atom is 0.191 e. The summed E-state index contributed by atoms with van der Waals surface area (Å²) in [5, 5.41) is 6.63. The maximum atomic E-state index is 4.41. The summed E-state index contributed by atoms with van der Waals surface area (Å²) in [5.41, 5.74) is 2.67. The fourth-order valence-electron chi connectivity index (χ4n) is 2.10. The van der Waals surface area contributed by atoms with Crippen LogP contribution in [-0.4, -0.2) is 37.5 Å². The lowest BCUT2D eigenvalue weighted by atomic mass is 10.1. The highest BCUT2D eigenvalue weighted by Gasteiger charge is 2.04. The van der Waals surface area contributed by atoms with Crippen molar-refractivity contribution in [1.29, 1.82) is 0 Å². The third kappa shape index (κ3) is 5.66. The molecule has 0 unspecified atom stereocenters. The van der Waals surface area contributed by atoms with E-state index < -0.39 is 0 Å². The van der Waals surface area contributed by atoms with Crippen LogP contribution >= 0.6 is 24.0 Å². The Hall–Kier alpha value is -0.820. The number of halogens is 1. The van der Waals surface area contributed by atoms with Crippen LogP contribution in [0.1, 0.15) is 24.5 Å². The van der Waals surface area contributed by atoms with Crippen molar-refractivity contribution in [2.24, 2.45) is 4.99 Å². The van der Waals surface area contributed by atoms with Crippen molar-refractivity contribution in [3.63, 3.8) is 0 Å². The van der Waals surface area contributed by atoms with E-state index in [2.05, 4.69) is 58.8 Å². The molecular formula is C15H25IN4.